The molecule has 0 fully saturated rings. The Labute approximate surface area is 121 Å². The van der Waals surface area contributed by atoms with E-state index in [1.165, 1.54) is 0 Å². The summed E-state index contributed by atoms with van der Waals surface area (Å²) in [5.41, 5.74) is 8.93. The summed E-state index contributed by atoms with van der Waals surface area (Å²) in [5.74, 6) is 1.19. The second-order valence-corrected chi connectivity index (χ2v) is 5.00. The smallest absolute Gasteiger partial charge is 0.186 e. The van der Waals surface area contributed by atoms with Crippen LogP contribution in [0, 0.1) is 6.92 Å². The first-order chi connectivity index (χ1) is 10.3. The largest absolute Gasteiger partial charge is 0.382 e. The van der Waals surface area contributed by atoms with Crippen molar-refractivity contribution < 1.29 is 0 Å². The quantitative estimate of drug-likeness (QED) is 0.580. The van der Waals surface area contributed by atoms with Gasteiger partial charge in [-0.05, 0) is 12.5 Å². The number of fused-ring (bicyclic) bond motifs is 3. The maximum Gasteiger partial charge on any atom is 0.186 e. The van der Waals surface area contributed by atoms with Crippen LogP contribution in [0.25, 0.3) is 27.8 Å². The normalized spacial score (nSPS) is 11.3. The topological polar surface area (TPSA) is 69.1 Å². The summed E-state index contributed by atoms with van der Waals surface area (Å²) in [7, 11) is 0. The van der Waals surface area contributed by atoms with Gasteiger partial charge in [-0.2, -0.15) is 4.52 Å². The number of aromatic nitrogens is 4. The van der Waals surface area contributed by atoms with Crippen LogP contribution in [-0.2, 0) is 0 Å². The van der Waals surface area contributed by atoms with Crippen molar-refractivity contribution in [1.82, 2.24) is 19.8 Å². The number of nitrogens with zero attached hydrogens (tertiary/aromatic N) is 4. The maximum atomic E-state index is 6.08. The number of aryl methyl sites for hydroxylation is 1. The molecule has 0 spiro atoms. The zero-order chi connectivity index (χ0) is 14.4. The van der Waals surface area contributed by atoms with Crippen molar-refractivity contribution in [2.24, 2.45) is 0 Å². The molecule has 5 nitrogen and oxygen atoms in total. The van der Waals surface area contributed by atoms with Gasteiger partial charge in [-0.3, -0.25) is 0 Å². The third-order valence-corrected chi connectivity index (χ3v) is 3.68. The summed E-state index contributed by atoms with van der Waals surface area (Å²) in [6.45, 7) is 2.04. The van der Waals surface area contributed by atoms with Gasteiger partial charge in [-0.1, -0.05) is 48.5 Å². The summed E-state index contributed by atoms with van der Waals surface area (Å²) in [4.78, 5) is 0. The summed E-state index contributed by atoms with van der Waals surface area (Å²) in [5, 5.41) is 14.9. The minimum Gasteiger partial charge on any atom is -0.382 e. The molecule has 4 aromatic rings. The third-order valence-electron chi connectivity index (χ3n) is 3.68. The van der Waals surface area contributed by atoms with Crippen molar-refractivity contribution in [3.05, 3.63) is 54.1 Å². The van der Waals surface area contributed by atoms with Gasteiger partial charge < -0.3 is 5.73 Å². The predicted octanol–water partition coefficient (Wildman–Crippen LogP) is 2.84. The van der Waals surface area contributed by atoms with E-state index in [-0.39, 0.29) is 0 Å². The molecule has 0 saturated carbocycles. The van der Waals surface area contributed by atoms with Crippen LogP contribution in [0.2, 0.25) is 0 Å². The standard InChI is InChI=1S/C16H13N5/c1-10-6-2-3-7-11(10)15-18-19-16-13-9-5-4-8-12(13)14(17)20-21(15)16/h2-9H,1H3,(H2,17,20). The first-order valence-electron chi connectivity index (χ1n) is 6.71. The molecule has 0 aliphatic rings. The Balaban J connectivity index is 2.12. The number of hydrogen-bond acceptors (Lipinski definition) is 4. The molecule has 4 rings (SSSR count). The van der Waals surface area contributed by atoms with E-state index in [1.54, 1.807) is 4.52 Å². The Bertz CT molecular complexity index is 971. The van der Waals surface area contributed by atoms with Gasteiger partial charge in [0.05, 0.1) is 0 Å². The Morgan fingerprint density at radius 1 is 0.905 bits per heavy atom. The Kier molecular flexibility index (Phi) is 2.41. The van der Waals surface area contributed by atoms with Crippen molar-refractivity contribution in [3.8, 4) is 11.4 Å². The van der Waals surface area contributed by atoms with Crippen LogP contribution in [0.5, 0.6) is 0 Å². The van der Waals surface area contributed by atoms with Gasteiger partial charge >= 0.3 is 0 Å². The highest BCUT2D eigenvalue weighted by Crippen LogP contribution is 2.27. The van der Waals surface area contributed by atoms with Crippen LogP contribution in [-0.4, -0.2) is 19.8 Å². The second-order valence-electron chi connectivity index (χ2n) is 5.00. The average Bonchev–Trinajstić information content (AvgIpc) is 2.92. The molecular formula is C16H13N5. The van der Waals surface area contributed by atoms with Crippen LogP contribution in [0.4, 0.5) is 5.82 Å². The van der Waals surface area contributed by atoms with Crippen LogP contribution in [0.3, 0.4) is 0 Å². The minimum absolute atomic E-state index is 0.479. The molecule has 0 atom stereocenters. The van der Waals surface area contributed by atoms with Crippen molar-refractivity contribution in [3.63, 3.8) is 0 Å². The summed E-state index contributed by atoms with van der Waals surface area (Å²) in [6, 6.07) is 15.9. The number of nitrogen functional groups attached to an aromatic ring is 1. The highest BCUT2D eigenvalue weighted by Gasteiger charge is 2.14. The van der Waals surface area contributed by atoms with Gasteiger partial charge in [0.25, 0.3) is 0 Å². The molecule has 102 valence electrons. The van der Waals surface area contributed by atoms with E-state index in [2.05, 4.69) is 15.3 Å². The van der Waals surface area contributed by atoms with Gasteiger partial charge in [0.2, 0.25) is 0 Å². The van der Waals surface area contributed by atoms with Crippen molar-refractivity contribution >= 4 is 22.2 Å². The van der Waals surface area contributed by atoms with Gasteiger partial charge in [-0.25, -0.2) is 0 Å². The van der Waals surface area contributed by atoms with Crippen LogP contribution in [0.15, 0.2) is 48.5 Å². The predicted molar refractivity (Wildman–Crippen MR) is 82.9 cm³/mol. The van der Waals surface area contributed by atoms with Gasteiger partial charge in [0, 0.05) is 16.3 Å². The number of benzene rings is 2. The number of anilines is 1. The zero-order valence-electron chi connectivity index (χ0n) is 11.5. The molecule has 2 aromatic heterocycles. The molecule has 0 amide bonds. The molecule has 0 saturated heterocycles. The van der Waals surface area contributed by atoms with E-state index >= 15 is 0 Å². The first kappa shape index (κ1) is 11.8. The first-order valence-corrected chi connectivity index (χ1v) is 6.71. The molecular weight excluding hydrogens is 262 g/mol. The summed E-state index contributed by atoms with van der Waals surface area (Å²) < 4.78 is 1.72. The summed E-state index contributed by atoms with van der Waals surface area (Å²) >= 11 is 0. The lowest BCUT2D eigenvalue weighted by Gasteiger charge is -2.06. The van der Waals surface area contributed by atoms with Crippen molar-refractivity contribution in [2.45, 2.75) is 6.92 Å². The zero-order valence-corrected chi connectivity index (χ0v) is 11.5. The van der Waals surface area contributed by atoms with Crippen molar-refractivity contribution in [1.29, 1.82) is 0 Å². The number of rotatable bonds is 1. The van der Waals surface area contributed by atoms with Gasteiger partial charge in [0.1, 0.15) is 0 Å². The monoisotopic (exact) mass is 275 g/mol. The molecule has 2 N–H and O–H groups in total. The van der Waals surface area contributed by atoms with Crippen LogP contribution in [0.1, 0.15) is 5.56 Å². The molecule has 0 aliphatic heterocycles. The average molecular weight is 275 g/mol. The molecule has 2 aromatic carbocycles. The fourth-order valence-corrected chi connectivity index (χ4v) is 2.60. The van der Waals surface area contributed by atoms with E-state index in [1.807, 2.05) is 55.5 Å². The van der Waals surface area contributed by atoms with E-state index in [9.17, 15) is 0 Å². The minimum atomic E-state index is 0.479. The molecule has 0 bridgehead atoms. The Hall–Kier alpha value is -2.95. The Morgan fingerprint density at radius 3 is 2.43 bits per heavy atom. The summed E-state index contributed by atoms with van der Waals surface area (Å²) in [6.07, 6.45) is 0. The van der Waals surface area contributed by atoms with Gasteiger partial charge in [-0.15, -0.1) is 15.3 Å². The van der Waals surface area contributed by atoms with E-state index in [0.717, 1.165) is 27.5 Å². The van der Waals surface area contributed by atoms with Crippen LogP contribution < -0.4 is 5.73 Å². The maximum absolute atomic E-state index is 6.08. The third kappa shape index (κ3) is 1.67. The SMILES string of the molecule is Cc1ccccc1-c1nnc2c3ccccc3c(N)nn12. The van der Waals surface area contributed by atoms with Crippen LogP contribution >= 0.6 is 0 Å². The molecule has 2 heterocycles. The molecule has 0 aliphatic carbocycles. The second kappa shape index (κ2) is 4.28. The van der Waals surface area contributed by atoms with Gasteiger partial charge in [0.15, 0.2) is 17.3 Å². The molecule has 0 radical (unpaired) electrons. The lowest BCUT2D eigenvalue weighted by molar-refractivity contribution is 0.953. The van der Waals surface area contributed by atoms with E-state index in [0.29, 0.717) is 11.6 Å². The number of nitrogens with two attached hydrogens (primary N) is 1. The lowest BCUT2D eigenvalue weighted by atomic mass is 10.1. The number of hydrogen-bond donors (Lipinski definition) is 1. The molecule has 21 heavy (non-hydrogen) atoms. The molecule has 0 unspecified atom stereocenters. The molecule has 5 heteroatoms. The lowest BCUT2D eigenvalue weighted by Crippen LogP contribution is -2.02. The fraction of sp³-hybridized carbons (Fsp3) is 0.0625. The fourth-order valence-electron chi connectivity index (χ4n) is 2.60. The van der Waals surface area contributed by atoms with Crippen molar-refractivity contribution in [2.75, 3.05) is 5.73 Å². The highest BCUT2D eigenvalue weighted by atomic mass is 15.4. The highest BCUT2D eigenvalue weighted by molar-refractivity contribution is 5.99. The van der Waals surface area contributed by atoms with E-state index in [4.69, 9.17) is 5.73 Å². The van der Waals surface area contributed by atoms with E-state index < -0.39 is 0 Å². The Morgan fingerprint density at radius 2 is 1.62 bits per heavy atom.